The van der Waals surface area contributed by atoms with Crippen LogP contribution < -0.4 is 0 Å². The van der Waals surface area contributed by atoms with Crippen molar-refractivity contribution in [3.05, 3.63) is 47.8 Å². The van der Waals surface area contributed by atoms with Crippen LogP contribution in [0.2, 0.25) is 0 Å². The Balaban J connectivity index is 2.48. The Hall–Kier alpha value is -1.57. The van der Waals surface area contributed by atoms with Gasteiger partial charge in [-0.25, -0.2) is 4.68 Å². The molecule has 2 nitrogen and oxygen atoms in total. The third-order valence-electron chi connectivity index (χ3n) is 2.49. The molecule has 0 bridgehead atoms. The molecular weight excluding hydrogens is 172 g/mol. The Morgan fingerprint density at radius 2 is 1.93 bits per heavy atom. The number of hydrogen-bond acceptors (Lipinski definition) is 1. The minimum atomic E-state index is 1.04. The average Bonchev–Trinajstić information content (AvgIpc) is 2.61. The summed E-state index contributed by atoms with van der Waals surface area (Å²) in [5.74, 6) is 0. The number of aryl methyl sites for hydroxylation is 1. The van der Waals surface area contributed by atoms with Gasteiger partial charge in [-0.05, 0) is 31.0 Å². The van der Waals surface area contributed by atoms with Crippen LogP contribution in [0.25, 0.3) is 5.69 Å². The molecule has 72 valence electrons. The van der Waals surface area contributed by atoms with Gasteiger partial charge >= 0.3 is 0 Å². The van der Waals surface area contributed by atoms with Gasteiger partial charge in [-0.15, -0.1) is 0 Å². The zero-order chi connectivity index (χ0) is 9.97. The largest absolute Gasteiger partial charge is 0.238 e. The maximum absolute atomic E-state index is 4.37. The summed E-state index contributed by atoms with van der Waals surface area (Å²) in [6.07, 6.45) is 2.99. The van der Waals surface area contributed by atoms with Crippen molar-refractivity contribution in [1.29, 1.82) is 0 Å². The van der Waals surface area contributed by atoms with Crippen molar-refractivity contribution >= 4 is 0 Å². The SMILES string of the molecule is CCc1cnn(-c2ccccc2)c1C. The van der Waals surface area contributed by atoms with Crippen molar-refractivity contribution in [2.75, 3.05) is 0 Å². The topological polar surface area (TPSA) is 17.8 Å². The van der Waals surface area contributed by atoms with Crippen LogP contribution in [0.5, 0.6) is 0 Å². The van der Waals surface area contributed by atoms with Gasteiger partial charge in [0.1, 0.15) is 0 Å². The standard InChI is InChI=1S/C12H14N2/c1-3-11-9-13-14(10(11)2)12-7-5-4-6-8-12/h4-9H,3H2,1-2H3. The Kier molecular flexibility index (Phi) is 2.35. The molecule has 1 aromatic heterocycles. The molecule has 0 saturated carbocycles. The van der Waals surface area contributed by atoms with Gasteiger partial charge in [-0.2, -0.15) is 5.10 Å². The first-order valence-corrected chi connectivity index (χ1v) is 4.92. The number of aromatic nitrogens is 2. The zero-order valence-corrected chi connectivity index (χ0v) is 8.57. The molecule has 14 heavy (non-hydrogen) atoms. The minimum Gasteiger partial charge on any atom is -0.238 e. The maximum Gasteiger partial charge on any atom is 0.0648 e. The summed E-state index contributed by atoms with van der Waals surface area (Å²) in [4.78, 5) is 0. The van der Waals surface area contributed by atoms with Crippen molar-refractivity contribution in [2.45, 2.75) is 20.3 Å². The highest BCUT2D eigenvalue weighted by Gasteiger charge is 2.04. The van der Waals surface area contributed by atoms with E-state index < -0.39 is 0 Å². The quantitative estimate of drug-likeness (QED) is 0.705. The van der Waals surface area contributed by atoms with Crippen LogP contribution in [0.1, 0.15) is 18.2 Å². The summed E-state index contributed by atoms with van der Waals surface area (Å²) in [5.41, 5.74) is 3.68. The zero-order valence-electron chi connectivity index (χ0n) is 8.57. The highest BCUT2D eigenvalue weighted by atomic mass is 15.3. The first kappa shape index (κ1) is 9.00. The summed E-state index contributed by atoms with van der Waals surface area (Å²) in [6, 6.07) is 10.2. The van der Waals surface area contributed by atoms with E-state index >= 15 is 0 Å². The van der Waals surface area contributed by atoms with E-state index in [0.29, 0.717) is 0 Å². The summed E-state index contributed by atoms with van der Waals surface area (Å²) < 4.78 is 1.98. The van der Waals surface area contributed by atoms with Crippen LogP contribution in [-0.2, 0) is 6.42 Å². The second-order valence-electron chi connectivity index (χ2n) is 3.36. The van der Waals surface area contributed by atoms with E-state index in [1.165, 1.54) is 11.3 Å². The molecule has 2 rings (SSSR count). The fourth-order valence-electron chi connectivity index (χ4n) is 1.62. The lowest BCUT2D eigenvalue weighted by atomic mass is 10.2. The predicted octanol–water partition coefficient (Wildman–Crippen LogP) is 2.74. The van der Waals surface area contributed by atoms with Gasteiger partial charge in [0.05, 0.1) is 11.9 Å². The van der Waals surface area contributed by atoms with E-state index in [0.717, 1.165) is 12.1 Å². The predicted molar refractivity (Wildman–Crippen MR) is 57.7 cm³/mol. The van der Waals surface area contributed by atoms with Crippen LogP contribution in [0.15, 0.2) is 36.5 Å². The summed E-state index contributed by atoms with van der Waals surface area (Å²) in [5, 5.41) is 4.37. The van der Waals surface area contributed by atoms with Crippen LogP contribution in [0.4, 0.5) is 0 Å². The Labute approximate surface area is 84.2 Å². The molecule has 1 heterocycles. The number of benzene rings is 1. The molecule has 2 aromatic rings. The monoisotopic (exact) mass is 186 g/mol. The highest BCUT2D eigenvalue weighted by molar-refractivity contribution is 5.34. The molecule has 0 N–H and O–H groups in total. The van der Waals surface area contributed by atoms with E-state index in [9.17, 15) is 0 Å². The molecule has 2 heteroatoms. The molecule has 0 aliphatic carbocycles. The summed E-state index contributed by atoms with van der Waals surface area (Å²) >= 11 is 0. The Morgan fingerprint density at radius 3 is 2.50 bits per heavy atom. The van der Waals surface area contributed by atoms with Crippen molar-refractivity contribution < 1.29 is 0 Å². The van der Waals surface area contributed by atoms with Gasteiger partial charge in [-0.3, -0.25) is 0 Å². The fraction of sp³-hybridized carbons (Fsp3) is 0.250. The van der Waals surface area contributed by atoms with E-state index in [4.69, 9.17) is 0 Å². The van der Waals surface area contributed by atoms with Crippen molar-refractivity contribution in [3.63, 3.8) is 0 Å². The molecule has 0 aliphatic rings. The van der Waals surface area contributed by atoms with Crippen LogP contribution in [0, 0.1) is 6.92 Å². The molecule has 0 radical (unpaired) electrons. The van der Waals surface area contributed by atoms with Gasteiger partial charge in [0, 0.05) is 5.69 Å². The minimum absolute atomic E-state index is 1.04. The van der Waals surface area contributed by atoms with E-state index in [1.54, 1.807) is 0 Å². The third-order valence-corrected chi connectivity index (χ3v) is 2.49. The molecule has 0 unspecified atom stereocenters. The third kappa shape index (κ3) is 1.43. The van der Waals surface area contributed by atoms with Crippen LogP contribution in [-0.4, -0.2) is 9.78 Å². The number of para-hydroxylation sites is 1. The molecule has 1 aromatic carbocycles. The molecule has 0 atom stereocenters. The second-order valence-corrected chi connectivity index (χ2v) is 3.36. The normalized spacial score (nSPS) is 10.4. The molecule has 0 fully saturated rings. The lowest BCUT2D eigenvalue weighted by molar-refractivity contribution is 0.844. The maximum atomic E-state index is 4.37. The first-order chi connectivity index (χ1) is 6.83. The number of rotatable bonds is 2. The van der Waals surface area contributed by atoms with Gasteiger partial charge in [0.15, 0.2) is 0 Å². The van der Waals surface area contributed by atoms with E-state index in [2.05, 4.69) is 31.1 Å². The van der Waals surface area contributed by atoms with E-state index in [-0.39, 0.29) is 0 Å². The molecule has 0 saturated heterocycles. The van der Waals surface area contributed by atoms with Crippen molar-refractivity contribution in [1.82, 2.24) is 9.78 Å². The molecule has 0 spiro atoms. The van der Waals surface area contributed by atoms with Crippen molar-refractivity contribution in [2.24, 2.45) is 0 Å². The second kappa shape index (κ2) is 3.66. The molecule has 0 amide bonds. The fourth-order valence-corrected chi connectivity index (χ4v) is 1.62. The number of hydrogen-bond donors (Lipinski definition) is 0. The van der Waals surface area contributed by atoms with E-state index in [1.807, 2.05) is 29.1 Å². The summed E-state index contributed by atoms with van der Waals surface area (Å²) in [7, 11) is 0. The number of nitrogens with zero attached hydrogens (tertiary/aromatic N) is 2. The van der Waals surface area contributed by atoms with Gasteiger partial charge in [0.2, 0.25) is 0 Å². The smallest absolute Gasteiger partial charge is 0.0648 e. The Morgan fingerprint density at radius 1 is 1.21 bits per heavy atom. The van der Waals surface area contributed by atoms with Crippen LogP contribution >= 0.6 is 0 Å². The lowest BCUT2D eigenvalue weighted by Crippen LogP contribution is -1.98. The van der Waals surface area contributed by atoms with Gasteiger partial charge in [0.25, 0.3) is 0 Å². The van der Waals surface area contributed by atoms with Crippen LogP contribution in [0.3, 0.4) is 0 Å². The molecular formula is C12H14N2. The lowest BCUT2D eigenvalue weighted by Gasteiger charge is -2.03. The van der Waals surface area contributed by atoms with Gasteiger partial charge in [-0.1, -0.05) is 25.1 Å². The van der Waals surface area contributed by atoms with Gasteiger partial charge < -0.3 is 0 Å². The summed E-state index contributed by atoms with van der Waals surface area (Å²) in [6.45, 7) is 4.26. The Bertz CT molecular complexity index is 415. The highest BCUT2D eigenvalue weighted by Crippen LogP contribution is 2.13. The first-order valence-electron chi connectivity index (χ1n) is 4.92. The average molecular weight is 186 g/mol. The van der Waals surface area contributed by atoms with Crippen molar-refractivity contribution in [3.8, 4) is 5.69 Å². The molecule has 0 aliphatic heterocycles.